The minimum Gasteiger partial charge on any atom is -0.457 e. The second kappa shape index (κ2) is 31.3. The lowest BCUT2D eigenvalue weighted by molar-refractivity contribution is 0.0464. The van der Waals surface area contributed by atoms with Gasteiger partial charge in [0.2, 0.25) is 0 Å². The second-order valence-electron chi connectivity index (χ2n) is 27.3. The highest BCUT2D eigenvalue weighted by Gasteiger charge is 2.27. The zero-order valence-corrected chi connectivity index (χ0v) is 60.8. The smallest absolute Gasteiger partial charge is 0.338 e. The summed E-state index contributed by atoms with van der Waals surface area (Å²) in [5, 5.41) is 33.2. The van der Waals surface area contributed by atoms with Gasteiger partial charge in [0.25, 0.3) is 0 Å². The van der Waals surface area contributed by atoms with E-state index in [2.05, 4.69) is 18.2 Å². The van der Waals surface area contributed by atoms with Crippen molar-refractivity contribution in [3.63, 3.8) is 0 Å². The summed E-state index contributed by atoms with van der Waals surface area (Å²) in [6, 6.07) is 107. The number of benzene rings is 14. The molecule has 0 spiro atoms. The third kappa shape index (κ3) is 14.6. The van der Waals surface area contributed by atoms with Crippen LogP contribution in [0.15, 0.2) is 328 Å². The van der Waals surface area contributed by atoms with Crippen LogP contribution in [0.25, 0.3) is 123 Å². The molecule has 0 saturated carbocycles. The highest BCUT2D eigenvalue weighted by atomic mass is 16.5. The first-order valence-corrected chi connectivity index (χ1v) is 36.7. The lowest BCUT2D eigenvalue weighted by Crippen LogP contribution is -2.07. The van der Waals surface area contributed by atoms with Gasteiger partial charge >= 0.3 is 23.9 Å². The molecule has 0 unspecified atom stereocenters. The van der Waals surface area contributed by atoms with E-state index in [1.165, 1.54) is 0 Å². The van der Waals surface area contributed by atoms with Crippen LogP contribution in [0.4, 0.5) is 0 Å². The van der Waals surface area contributed by atoms with Gasteiger partial charge in [0, 0.05) is 38.2 Å². The fourth-order valence-corrected chi connectivity index (χ4v) is 14.4. The Hall–Kier alpha value is -16.0. The second-order valence-corrected chi connectivity index (χ2v) is 27.3. The van der Waals surface area contributed by atoms with E-state index in [-0.39, 0.29) is 66.2 Å². The number of rotatable bonds is 20. The minimum atomic E-state index is -0.566. The fourth-order valence-electron chi connectivity index (χ4n) is 14.4. The number of esters is 4. The van der Waals surface area contributed by atoms with E-state index in [1.807, 2.05) is 270 Å². The van der Waals surface area contributed by atoms with Gasteiger partial charge in [-0.25, -0.2) is 34.1 Å². The summed E-state index contributed by atoms with van der Waals surface area (Å²) in [5.41, 5.74) is 15.2. The van der Waals surface area contributed by atoms with Crippen LogP contribution < -0.4 is 0 Å². The SMILES string of the molecule is N#Cc1cccc(-c2cccc(-c3nc(-c4ccc(-c5cccc(C#N)c5)cc4-n4c5ccc(C(=O)OCc6ccccc6)cc5c5cc(C(=O)OCc6ccccc6)ccc54)nc(-c4ccc(-c5cccc(C#N)c5)cc4-n4c5ccc(C(=O)OCc6ccccc6)cc5c5cc(C(=O)OCc6ccccc6)ccc54)n3)c2)c1. The van der Waals surface area contributed by atoms with Gasteiger partial charge in [0.15, 0.2) is 17.5 Å². The maximum atomic E-state index is 14.3. The Kier molecular flexibility index (Phi) is 19.5. The van der Waals surface area contributed by atoms with E-state index >= 15 is 0 Å². The molecule has 16 heteroatoms. The maximum absolute atomic E-state index is 14.3. The number of nitrogens with zero attached hydrogens (tertiary/aromatic N) is 8. The molecular weight excluding hydrogens is 1420 g/mol. The van der Waals surface area contributed by atoms with Crippen LogP contribution in [-0.2, 0) is 45.4 Å². The Morgan fingerprint density at radius 2 is 0.535 bits per heavy atom. The molecule has 0 aliphatic heterocycles. The number of nitriles is 3. The van der Waals surface area contributed by atoms with Gasteiger partial charge in [-0.15, -0.1) is 0 Å². The quantitative estimate of drug-likeness (QED) is 0.0511. The normalized spacial score (nSPS) is 11.1. The van der Waals surface area contributed by atoms with Crippen molar-refractivity contribution in [2.45, 2.75) is 26.4 Å². The third-order valence-electron chi connectivity index (χ3n) is 20.0. The van der Waals surface area contributed by atoms with E-state index in [9.17, 15) is 35.0 Å². The fraction of sp³-hybridized carbons (Fsp3) is 0.0408. The number of hydrogen-bond acceptors (Lipinski definition) is 14. The number of ether oxygens (including phenoxy) is 4. The van der Waals surface area contributed by atoms with Crippen molar-refractivity contribution in [2.75, 3.05) is 0 Å². The summed E-state index contributed by atoms with van der Waals surface area (Å²) in [6.07, 6.45) is 0. The number of aromatic nitrogens is 5. The first-order chi connectivity index (χ1) is 56.0. The van der Waals surface area contributed by atoms with Gasteiger partial charge in [0.05, 0.1) is 90.6 Å². The summed E-state index contributed by atoms with van der Waals surface area (Å²) in [7, 11) is 0. The standard InChI is InChI=1S/C98H62N8O8/c99-55-66-25-13-28-69(45-66)72-31-16-32-75(48-72)92-102-93(80-39-33-73(70-29-14-26-67(46-70)56-100)53-90(80)105-86-41-35-76(95(107)111-58-62-17-5-1-6-18-62)49-82(86)83-50-77(36-42-87(83)105)96(108)112-59-63-19-7-2-8-20-63)104-94(103-92)81-40-34-74(71-30-15-27-68(47-71)57-101)54-91(81)106-88-43-37-78(97(109)113-60-64-21-9-3-10-22-64)51-84(88)85-52-79(38-44-89(85)106)98(110)114-61-65-23-11-4-12-24-65/h1-54H,58-61H2. The molecule has 3 aromatic heterocycles. The number of carbonyl (C=O) groups is 4. The molecule has 17 aromatic rings. The van der Waals surface area contributed by atoms with Gasteiger partial charge in [-0.1, -0.05) is 188 Å². The number of hydrogen-bond donors (Lipinski definition) is 0. The molecular formula is C98H62N8O8. The van der Waals surface area contributed by atoms with Crippen LogP contribution in [0.5, 0.6) is 0 Å². The molecule has 3 heterocycles. The van der Waals surface area contributed by atoms with E-state index in [4.69, 9.17) is 33.9 Å². The van der Waals surface area contributed by atoms with Gasteiger partial charge in [0.1, 0.15) is 26.4 Å². The predicted molar refractivity (Wildman–Crippen MR) is 438 cm³/mol. The van der Waals surface area contributed by atoms with Crippen molar-refractivity contribution in [2.24, 2.45) is 0 Å². The van der Waals surface area contributed by atoms with Crippen molar-refractivity contribution in [3.05, 3.63) is 389 Å². The predicted octanol–water partition coefficient (Wildman–Crippen LogP) is 21.1. The molecule has 0 fully saturated rings. The van der Waals surface area contributed by atoms with Crippen LogP contribution in [0.2, 0.25) is 0 Å². The first kappa shape index (κ1) is 71.0. The molecule has 17 rings (SSSR count). The van der Waals surface area contributed by atoms with Gasteiger partial charge < -0.3 is 28.1 Å². The average Bonchev–Trinajstić information content (AvgIpc) is 1.57. The van der Waals surface area contributed by atoms with E-state index in [0.717, 1.165) is 55.6 Å². The molecule has 0 atom stereocenters. The van der Waals surface area contributed by atoms with Crippen LogP contribution in [0.1, 0.15) is 80.4 Å². The molecule has 0 amide bonds. The highest BCUT2D eigenvalue weighted by molar-refractivity contribution is 6.15. The summed E-state index contributed by atoms with van der Waals surface area (Å²) < 4.78 is 27.9. The average molecular weight is 1480 g/mol. The molecule has 0 bridgehead atoms. The van der Waals surface area contributed by atoms with Crippen molar-refractivity contribution in [3.8, 4) is 97.1 Å². The monoisotopic (exact) mass is 1480 g/mol. The van der Waals surface area contributed by atoms with Gasteiger partial charge in [-0.3, -0.25) is 0 Å². The molecule has 0 aliphatic carbocycles. The molecule has 0 N–H and O–H groups in total. The maximum Gasteiger partial charge on any atom is 0.338 e. The summed E-state index contributed by atoms with van der Waals surface area (Å²) in [6.45, 7) is 0.105. The van der Waals surface area contributed by atoms with Crippen molar-refractivity contribution < 1.29 is 38.1 Å². The van der Waals surface area contributed by atoms with E-state index in [1.54, 1.807) is 66.7 Å². The van der Waals surface area contributed by atoms with Gasteiger partial charge in [-0.05, 0) is 195 Å². The molecule has 0 radical (unpaired) electrons. The highest BCUT2D eigenvalue weighted by Crippen LogP contribution is 2.43. The lowest BCUT2D eigenvalue weighted by Gasteiger charge is -2.18. The Labute approximate surface area is 654 Å². The Morgan fingerprint density at radius 3 is 0.842 bits per heavy atom. The Morgan fingerprint density at radius 1 is 0.263 bits per heavy atom. The van der Waals surface area contributed by atoms with Crippen LogP contribution in [0.3, 0.4) is 0 Å². The van der Waals surface area contributed by atoms with Crippen LogP contribution >= 0.6 is 0 Å². The van der Waals surface area contributed by atoms with Crippen LogP contribution in [-0.4, -0.2) is 48.0 Å². The minimum absolute atomic E-state index is 0.0264. The third-order valence-corrected chi connectivity index (χ3v) is 20.0. The molecule has 16 nitrogen and oxygen atoms in total. The zero-order valence-electron chi connectivity index (χ0n) is 60.8. The summed E-state index contributed by atoms with van der Waals surface area (Å²) in [5.74, 6) is -1.61. The number of carbonyl (C=O) groups excluding carboxylic acids is 4. The Bertz CT molecular complexity index is 6240. The van der Waals surface area contributed by atoms with Gasteiger partial charge in [-0.2, -0.15) is 15.8 Å². The van der Waals surface area contributed by atoms with Crippen molar-refractivity contribution in [1.29, 1.82) is 15.8 Å². The molecule has 0 saturated heterocycles. The molecule has 14 aromatic carbocycles. The number of fused-ring (bicyclic) bond motifs is 6. The van der Waals surface area contributed by atoms with Crippen molar-refractivity contribution >= 4 is 67.5 Å². The molecule has 542 valence electrons. The topological polar surface area (TPSA) is 225 Å². The van der Waals surface area contributed by atoms with Crippen molar-refractivity contribution in [1.82, 2.24) is 24.1 Å². The van der Waals surface area contributed by atoms with E-state index in [0.29, 0.717) is 88.4 Å². The zero-order chi connectivity index (χ0) is 77.6. The largest absolute Gasteiger partial charge is 0.457 e. The van der Waals surface area contributed by atoms with Crippen LogP contribution in [0, 0.1) is 34.0 Å². The molecule has 0 aliphatic rings. The summed E-state index contributed by atoms with van der Waals surface area (Å²) in [4.78, 5) is 74.0. The summed E-state index contributed by atoms with van der Waals surface area (Å²) >= 11 is 0. The Balaban J connectivity index is 0.910. The molecule has 114 heavy (non-hydrogen) atoms. The van der Waals surface area contributed by atoms with E-state index < -0.39 is 23.9 Å². The lowest BCUT2D eigenvalue weighted by atomic mass is 9.99. The first-order valence-electron chi connectivity index (χ1n) is 36.7.